The number of aromatic nitrogens is 1. The molecule has 0 radical (unpaired) electrons. The number of diazo groups is 1. The van der Waals surface area contributed by atoms with Crippen LogP contribution >= 0.6 is 0 Å². The largest absolute Gasteiger partial charge is 0.560 e. The van der Waals surface area contributed by atoms with Gasteiger partial charge >= 0.3 is 5.91 Å². The molecule has 0 fully saturated rings. The topological polar surface area (TPSA) is 61.0 Å². The number of aryl methyl sites for hydroxylation is 1. The quantitative estimate of drug-likeness (QED) is 0.773. The molecule has 0 aliphatic carbocycles. The van der Waals surface area contributed by atoms with Crippen LogP contribution in [0.1, 0.15) is 12.0 Å². The maximum Gasteiger partial charge on any atom is 0.560 e. The summed E-state index contributed by atoms with van der Waals surface area (Å²) in [5.41, 5.74) is 2.13. The maximum absolute atomic E-state index is 10.8. The summed E-state index contributed by atoms with van der Waals surface area (Å²) in [6.07, 6.45) is 2.71. The molecular formula is C11H10N3O+. The molecule has 2 aromatic rings. The second-order valence-electron chi connectivity index (χ2n) is 3.35. The van der Waals surface area contributed by atoms with Crippen molar-refractivity contribution in [3.8, 4) is 0 Å². The Morgan fingerprint density at radius 1 is 1.40 bits per heavy atom. The number of nitrogens with one attached hydrogen (secondary N) is 1. The number of aromatic amines is 1. The molecule has 1 amide bonds. The van der Waals surface area contributed by atoms with Crippen LogP contribution in [0.15, 0.2) is 30.5 Å². The molecule has 1 heterocycles. The summed E-state index contributed by atoms with van der Waals surface area (Å²) >= 11 is 0. The van der Waals surface area contributed by atoms with Gasteiger partial charge in [0.05, 0.1) is 0 Å². The molecule has 0 saturated heterocycles. The van der Waals surface area contributed by atoms with Crippen molar-refractivity contribution < 1.29 is 4.79 Å². The molecule has 0 aliphatic rings. The first kappa shape index (κ1) is 9.41. The number of carbonyl (C=O) groups is 1. The average molecular weight is 200 g/mol. The fraction of sp³-hybridized carbons (Fsp3) is 0.182. The Bertz CT molecular complexity index is 536. The van der Waals surface area contributed by atoms with Gasteiger partial charge in [-0.05, 0) is 18.1 Å². The predicted molar refractivity (Wildman–Crippen MR) is 56.7 cm³/mol. The summed E-state index contributed by atoms with van der Waals surface area (Å²) in [5.74, 6) is -0.486. The summed E-state index contributed by atoms with van der Waals surface area (Å²) in [6, 6.07) is 7.90. The van der Waals surface area contributed by atoms with E-state index in [1.165, 1.54) is 0 Å². The van der Waals surface area contributed by atoms with E-state index in [2.05, 4.69) is 9.96 Å². The third-order valence-corrected chi connectivity index (χ3v) is 2.39. The molecule has 0 atom stereocenters. The molecule has 0 unspecified atom stereocenters. The highest BCUT2D eigenvalue weighted by molar-refractivity contribution is 5.87. The number of fused-ring (bicyclic) bond motifs is 1. The van der Waals surface area contributed by atoms with E-state index in [0.717, 1.165) is 16.5 Å². The molecule has 2 rings (SSSR count). The second-order valence-corrected chi connectivity index (χ2v) is 3.35. The minimum Gasteiger partial charge on any atom is -0.361 e. The molecular weight excluding hydrogens is 190 g/mol. The van der Waals surface area contributed by atoms with Crippen molar-refractivity contribution in [3.05, 3.63) is 41.0 Å². The Morgan fingerprint density at radius 3 is 3.00 bits per heavy atom. The third-order valence-electron chi connectivity index (χ3n) is 2.39. The van der Waals surface area contributed by atoms with Gasteiger partial charge in [-0.3, -0.25) is 0 Å². The summed E-state index contributed by atoms with van der Waals surface area (Å²) in [5, 5.41) is 9.36. The zero-order valence-corrected chi connectivity index (χ0v) is 8.10. The lowest BCUT2D eigenvalue weighted by molar-refractivity contribution is -0.115. The normalized spacial score (nSPS) is 10.1. The Balaban J connectivity index is 2.22. The Hall–Kier alpha value is -2.15. The first-order chi connectivity index (χ1) is 7.31. The van der Waals surface area contributed by atoms with E-state index in [1.54, 1.807) is 0 Å². The third kappa shape index (κ3) is 1.86. The summed E-state index contributed by atoms with van der Waals surface area (Å²) in [7, 11) is 0. The zero-order valence-electron chi connectivity index (χ0n) is 8.10. The van der Waals surface area contributed by atoms with Crippen molar-refractivity contribution in [2.75, 3.05) is 0 Å². The van der Waals surface area contributed by atoms with Crippen LogP contribution in [0.2, 0.25) is 0 Å². The lowest BCUT2D eigenvalue weighted by Gasteiger charge is -1.92. The number of rotatable bonds is 3. The van der Waals surface area contributed by atoms with E-state index in [9.17, 15) is 4.79 Å². The highest BCUT2D eigenvalue weighted by Gasteiger charge is 2.14. The van der Waals surface area contributed by atoms with Gasteiger partial charge in [0.25, 0.3) is 0 Å². The zero-order chi connectivity index (χ0) is 10.7. The van der Waals surface area contributed by atoms with Crippen molar-refractivity contribution in [1.29, 1.82) is 5.39 Å². The van der Waals surface area contributed by atoms with Crippen LogP contribution in [-0.2, 0) is 11.2 Å². The van der Waals surface area contributed by atoms with Crippen molar-refractivity contribution in [3.63, 3.8) is 0 Å². The van der Waals surface area contributed by atoms with Crippen LogP contribution in [0, 0.1) is 5.39 Å². The molecule has 0 saturated carbocycles. The van der Waals surface area contributed by atoms with Gasteiger partial charge in [-0.2, -0.15) is 4.79 Å². The molecule has 1 aromatic heterocycles. The van der Waals surface area contributed by atoms with E-state index in [1.807, 2.05) is 30.5 Å². The first-order valence-corrected chi connectivity index (χ1v) is 4.74. The van der Waals surface area contributed by atoms with Gasteiger partial charge in [-0.25, -0.2) is 0 Å². The highest BCUT2D eigenvalue weighted by Crippen LogP contribution is 2.18. The Labute approximate surface area is 86.5 Å². The van der Waals surface area contributed by atoms with Crippen molar-refractivity contribution in [2.45, 2.75) is 12.8 Å². The predicted octanol–water partition coefficient (Wildman–Crippen LogP) is 2.48. The van der Waals surface area contributed by atoms with Gasteiger partial charge in [0.15, 0.2) is 0 Å². The number of hydrogen-bond donors (Lipinski definition) is 1. The van der Waals surface area contributed by atoms with Crippen LogP contribution in [0.4, 0.5) is 0 Å². The summed E-state index contributed by atoms with van der Waals surface area (Å²) < 4.78 is 0. The number of benzene rings is 1. The van der Waals surface area contributed by atoms with Crippen LogP contribution in [0.5, 0.6) is 0 Å². The molecule has 0 spiro atoms. The van der Waals surface area contributed by atoms with E-state index in [-0.39, 0.29) is 6.42 Å². The fourth-order valence-electron chi connectivity index (χ4n) is 1.63. The number of para-hydroxylation sites is 1. The lowest BCUT2D eigenvalue weighted by atomic mass is 10.1. The highest BCUT2D eigenvalue weighted by atomic mass is 16.1. The average Bonchev–Trinajstić information content (AvgIpc) is 2.69. The van der Waals surface area contributed by atoms with E-state index < -0.39 is 5.91 Å². The number of carbonyl (C=O) groups excluding carboxylic acids is 1. The van der Waals surface area contributed by atoms with Gasteiger partial charge in [0, 0.05) is 17.1 Å². The van der Waals surface area contributed by atoms with E-state index >= 15 is 0 Å². The van der Waals surface area contributed by atoms with Crippen molar-refractivity contribution in [1.82, 2.24) is 4.98 Å². The molecule has 0 aliphatic heterocycles. The second kappa shape index (κ2) is 3.93. The Kier molecular flexibility index (Phi) is 2.46. The standard InChI is InChI=1S/C11H10N3O/c12-14-11(15)6-5-8-7-13-10-4-2-1-3-9(8)10/h1-4,7,13H,5-6H2/q+1. The van der Waals surface area contributed by atoms with Crippen LogP contribution in [0.3, 0.4) is 0 Å². The van der Waals surface area contributed by atoms with Crippen LogP contribution in [-0.4, -0.2) is 10.9 Å². The SMILES string of the molecule is N#[N+]C(=O)CCc1c[nH]c2ccccc12. The minimum atomic E-state index is -0.486. The molecule has 4 heteroatoms. The molecule has 1 aromatic carbocycles. The maximum atomic E-state index is 10.8. The smallest absolute Gasteiger partial charge is 0.361 e. The van der Waals surface area contributed by atoms with E-state index in [4.69, 9.17) is 5.39 Å². The number of H-pyrrole nitrogens is 1. The Morgan fingerprint density at radius 2 is 2.20 bits per heavy atom. The van der Waals surface area contributed by atoms with Gasteiger partial charge in [-0.1, -0.05) is 18.2 Å². The fourth-order valence-corrected chi connectivity index (χ4v) is 1.63. The van der Waals surface area contributed by atoms with Crippen molar-refractivity contribution >= 4 is 16.8 Å². The number of hydrogen-bond acceptors (Lipinski definition) is 2. The van der Waals surface area contributed by atoms with Gasteiger partial charge in [0.2, 0.25) is 10.4 Å². The van der Waals surface area contributed by atoms with Crippen LogP contribution in [0.25, 0.3) is 15.9 Å². The number of nitrogens with zero attached hydrogens (tertiary/aromatic N) is 2. The summed E-state index contributed by atoms with van der Waals surface area (Å²) in [6.45, 7) is 0. The van der Waals surface area contributed by atoms with Gasteiger partial charge in [-0.15, -0.1) is 0 Å². The van der Waals surface area contributed by atoms with Gasteiger partial charge in [0.1, 0.15) is 6.42 Å². The molecule has 74 valence electrons. The van der Waals surface area contributed by atoms with Crippen LogP contribution < -0.4 is 0 Å². The monoisotopic (exact) mass is 200 g/mol. The van der Waals surface area contributed by atoms with Crippen molar-refractivity contribution in [2.24, 2.45) is 0 Å². The first-order valence-electron chi connectivity index (χ1n) is 4.74. The lowest BCUT2D eigenvalue weighted by Crippen LogP contribution is -1.92. The molecule has 15 heavy (non-hydrogen) atoms. The van der Waals surface area contributed by atoms with E-state index in [0.29, 0.717) is 6.42 Å². The molecule has 4 nitrogen and oxygen atoms in total. The minimum absolute atomic E-state index is 0.234. The summed E-state index contributed by atoms with van der Waals surface area (Å²) in [4.78, 5) is 16.6. The van der Waals surface area contributed by atoms with Gasteiger partial charge < -0.3 is 4.98 Å². The number of amides is 1. The molecule has 0 bridgehead atoms. The molecule has 1 N–H and O–H groups in total.